The molecule has 1 atom stereocenters. The summed E-state index contributed by atoms with van der Waals surface area (Å²) in [5, 5.41) is 13.2. The SMILES string of the molecule is CCC[C@@H]1CCc2c(sc(NC(=O)c3cc(C)oc3C)c2C#N)C1. The minimum absolute atomic E-state index is 0.204. The van der Waals surface area contributed by atoms with Gasteiger partial charge in [0.15, 0.2) is 0 Å². The molecule has 0 unspecified atom stereocenters. The van der Waals surface area contributed by atoms with E-state index in [4.69, 9.17) is 4.42 Å². The Labute approximate surface area is 146 Å². The molecule has 126 valence electrons. The number of fused-ring (bicyclic) bond motifs is 1. The summed E-state index contributed by atoms with van der Waals surface area (Å²) in [7, 11) is 0. The summed E-state index contributed by atoms with van der Waals surface area (Å²) < 4.78 is 5.43. The first-order valence-electron chi connectivity index (χ1n) is 8.46. The fraction of sp³-hybridized carbons (Fsp3) is 0.474. The number of hydrogen-bond acceptors (Lipinski definition) is 4. The van der Waals surface area contributed by atoms with Crippen molar-refractivity contribution in [2.75, 3.05) is 5.32 Å². The van der Waals surface area contributed by atoms with E-state index >= 15 is 0 Å². The van der Waals surface area contributed by atoms with Crippen LogP contribution < -0.4 is 5.32 Å². The van der Waals surface area contributed by atoms with Crippen molar-refractivity contribution < 1.29 is 9.21 Å². The van der Waals surface area contributed by atoms with Crippen LogP contribution in [0.25, 0.3) is 0 Å². The number of nitrogens with zero attached hydrogens (tertiary/aromatic N) is 1. The molecular formula is C19H22N2O2S. The van der Waals surface area contributed by atoms with Gasteiger partial charge in [-0.3, -0.25) is 4.79 Å². The molecule has 0 spiro atoms. The number of aryl methyl sites for hydroxylation is 2. The van der Waals surface area contributed by atoms with Gasteiger partial charge < -0.3 is 9.73 Å². The molecule has 0 saturated heterocycles. The Morgan fingerprint density at radius 1 is 1.50 bits per heavy atom. The van der Waals surface area contributed by atoms with Gasteiger partial charge in [-0.15, -0.1) is 11.3 Å². The second kappa shape index (κ2) is 6.82. The summed E-state index contributed by atoms with van der Waals surface area (Å²) in [5.41, 5.74) is 2.33. The van der Waals surface area contributed by atoms with E-state index in [1.807, 2.05) is 6.92 Å². The smallest absolute Gasteiger partial charge is 0.259 e. The highest BCUT2D eigenvalue weighted by molar-refractivity contribution is 7.16. The van der Waals surface area contributed by atoms with Crippen molar-refractivity contribution in [1.29, 1.82) is 5.26 Å². The van der Waals surface area contributed by atoms with E-state index in [2.05, 4.69) is 18.3 Å². The molecule has 1 aliphatic rings. The molecule has 0 aromatic carbocycles. The van der Waals surface area contributed by atoms with Crippen LogP contribution in [0.5, 0.6) is 0 Å². The summed E-state index contributed by atoms with van der Waals surface area (Å²) in [6, 6.07) is 4.04. The summed E-state index contributed by atoms with van der Waals surface area (Å²) in [4.78, 5) is 13.8. The van der Waals surface area contributed by atoms with E-state index in [1.165, 1.54) is 17.7 Å². The number of amides is 1. The maximum absolute atomic E-state index is 12.5. The number of anilines is 1. The molecule has 2 heterocycles. The summed E-state index contributed by atoms with van der Waals surface area (Å²) >= 11 is 1.57. The molecule has 2 aromatic heterocycles. The van der Waals surface area contributed by atoms with Crippen molar-refractivity contribution in [3.05, 3.63) is 39.2 Å². The summed E-state index contributed by atoms with van der Waals surface area (Å²) in [6.45, 7) is 5.82. The molecule has 3 rings (SSSR count). The lowest BCUT2D eigenvalue weighted by Gasteiger charge is -2.21. The maximum atomic E-state index is 12.5. The molecule has 0 saturated carbocycles. The van der Waals surface area contributed by atoms with Gasteiger partial charge in [0.1, 0.15) is 22.6 Å². The molecule has 0 aliphatic heterocycles. The van der Waals surface area contributed by atoms with Crippen molar-refractivity contribution in [2.24, 2.45) is 5.92 Å². The maximum Gasteiger partial charge on any atom is 0.259 e. The van der Waals surface area contributed by atoms with Crippen molar-refractivity contribution >= 4 is 22.2 Å². The molecule has 0 fully saturated rings. The van der Waals surface area contributed by atoms with Crippen molar-refractivity contribution in [3.8, 4) is 6.07 Å². The lowest BCUT2D eigenvalue weighted by Crippen LogP contribution is -2.13. The molecule has 24 heavy (non-hydrogen) atoms. The number of nitriles is 1. The lowest BCUT2D eigenvalue weighted by molar-refractivity contribution is 0.102. The first kappa shape index (κ1) is 16.8. The second-order valence-electron chi connectivity index (χ2n) is 6.50. The fourth-order valence-electron chi connectivity index (χ4n) is 3.54. The van der Waals surface area contributed by atoms with Gasteiger partial charge in [0.25, 0.3) is 5.91 Å². The number of nitrogens with one attached hydrogen (secondary N) is 1. The Morgan fingerprint density at radius 2 is 2.29 bits per heavy atom. The summed E-state index contributed by atoms with van der Waals surface area (Å²) in [5.74, 6) is 1.82. The molecule has 1 aliphatic carbocycles. The zero-order valence-corrected chi connectivity index (χ0v) is 15.2. The largest absolute Gasteiger partial charge is 0.466 e. The molecule has 0 bridgehead atoms. The molecular weight excluding hydrogens is 320 g/mol. The van der Waals surface area contributed by atoms with Crippen LogP contribution in [0.3, 0.4) is 0 Å². The van der Waals surface area contributed by atoms with E-state index in [0.717, 1.165) is 24.8 Å². The number of hydrogen-bond donors (Lipinski definition) is 1. The molecule has 1 amide bonds. The average Bonchev–Trinajstić information content (AvgIpc) is 3.05. The Hall–Kier alpha value is -2.06. The van der Waals surface area contributed by atoms with Gasteiger partial charge in [-0.2, -0.15) is 5.26 Å². The Morgan fingerprint density at radius 3 is 2.92 bits per heavy atom. The molecule has 4 nitrogen and oxygen atoms in total. The van der Waals surface area contributed by atoms with E-state index in [9.17, 15) is 10.1 Å². The zero-order chi connectivity index (χ0) is 17.3. The standard InChI is InChI=1S/C19H22N2O2S/c1-4-5-13-6-7-14-16(10-20)19(24-17(14)9-13)21-18(22)15-8-11(2)23-12(15)3/h8,13H,4-7,9H2,1-3H3,(H,21,22)/t13-/m1/s1. The number of carbonyl (C=O) groups is 1. The Balaban J connectivity index is 1.86. The Bertz CT molecular complexity index is 810. The average molecular weight is 342 g/mol. The monoisotopic (exact) mass is 342 g/mol. The topological polar surface area (TPSA) is 66.0 Å². The molecule has 5 heteroatoms. The summed E-state index contributed by atoms with van der Waals surface area (Å²) in [6.07, 6.45) is 5.54. The van der Waals surface area contributed by atoms with Gasteiger partial charge in [-0.25, -0.2) is 0 Å². The number of thiophene rings is 1. The third kappa shape index (κ3) is 3.11. The van der Waals surface area contributed by atoms with Crippen LogP contribution >= 0.6 is 11.3 Å². The first-order valence-corrected chi connectivity index (χ1v) is 9.28. The van der Waals surface area contributed by atoms with Crippen LogP contribution in [0.1, 0.15) is 64.1 Å². The van der Waals surface area contributed by atoms with Gasteiger partial charge in [-0.05, 0) is 50.7 Å². The van der Waals surface area contributed by atoms with Crippen LogP contribution in [0.2, 0.25) is 0 Å². The van der Waals surface area contributed by atoms with Crippen LogP contribution in [-0.2, 0) is 12.8 Å². The van der Waals surface area contributed by atoms with E-state index < -0.39 is 0 Å². The van der Waals surface area contributed by atoms with E-state index in [1.54, 1.807) is 24.3 Å². The van der Waals surface area contributed by atoms with E-state index in [-0.39, 0.29) is 5.91 Å². The molecule has 2 aromatic rings. The highest BCUT2D eigenvalue weighted by Crippen LogP contribution is 2.40. The zero-order valence-electron chi connectivity index (χ0n) is 14.4. The highest BCUT2D eigenvalue weighted by atomic mass is 32.1. The second-order valence-corrected chi connectivity index (χ2v) is 7.60. The van der Waals surface area contributed by atoms with Gasteiger partial charge in [0.2, 0.25) is 0 Å². The van der Waals surface area contributed by atoms with Gasteiger partial charge in [0, 0.05) is 4.88 Å². The minimum atomic E-state index is -0.204. The fourth-order valence-corrected chi connectivity index (χ4v) is 4.85. The van der Waals surface area contributed by atoms with Gasteiger partial charge in [-0.1, -0.05) is 19.8 Å². The Kier molecular flexibility index (Phi) is 4.77. The lowest BCUT2D eigenvalue weighted by atomic mass is 9.85. The minimum Gasteiger partial charge on any atom is -0.466 e. The molecule has 0 radical (unpaired) electrons. The van der Waals surface area contributed by atoms with Gasteiger partial charge in [0.05, 0.1) is 11.1 Å². The van der Waals surface area contributed by atoms with Crippen molar-refractivity contribution in [3.63, 3.8) is 0 Å². The number of rotatable bonds is 4. The number of furan rings is 1. The van der Waals surface area contributed by atoms with E-state index in [0.29, 0.717) is 33.6 Å². The molecule has 1 N–H and O–H groups in total. The van der Waals surface area contributed by atoms with Crippen LogP contribution in [0, 0.1) is 31.1 Å². The third-order valence-electron chi connectivity index (χ3n) is 4.69. The van der Waals surface area contributed by atoms with Crippen LogP contribution in [-0.4, -0.2) is 5.91 Å². The highest BCUT2D eigenvalue weighted by Gasteiger charge is 2.26. The predicted molar refractivity (Wildman–Crippen MR) is 95.6 cm³/mol. The van der Waals surface area contributed by atoms with Crippen LogP contribution in [0.15, 0.2) is 10.5 Å². The van der Waals surface area contributed by atoms with Crippen LogP contribution in [0.4, 0.5) is 5.00 Å². The third-order valence-corrected chi connectivity index (χ3v) is 5.86. The first-order chi connectivity index (χ1) is 11.5. The number of carbonyl (C=O) groups excluding carboxylic acids is 1. The van der Waals surface area contributed by atoms with Crippen molar-refractivity contribution in [1.82, 2.24) is 0 Å². The van der Waals surface area contributed by atoms with Gasteiger partial charge >= 0.3 is 0 Å². The normalized spacial score (nSPS) is 16.5. The quantitative estimate of drug-likeness (QED) is 0.851. The predicted octanol–water partition coefficient (Wildman–Crippen LogP) is 4.99. The van der Waals surface area contributed by atoms with Crippen molar-refractivity contribution in [2.45, 2.75) is 52.9 Å².